The highest BCUT2D eigenvalue weighted by Gasteiger charge is 2.29. The van der Waals surface area contributed by atoms with Crippen LogP contribution in [0.3, 0.4) is 0 Å². The zero-order valence-corrected chi connectivity index (χ0v) is 15.7. The van der Waals surface area contributed by atoms with E-state index in [4.69, 9.17) is 0 Å². The number of nitrogens with zero attached hydrogens (tertiary/aromatic N) is 2. The molecule has 3 aromatic rings. The summed E-state index contributed by atoms with van der Waals surface area (Å²) in [6, 6.07) is 12.2. The average molecular weight is 409 g/mol. The predicted molar refractivity (Wildman–Crippen MR) is 100 cm³/mol. The van der Waals surface area contributed by atoms with Gasteiger partial charge in [0.05, 0.1) is 5.56 Å². The Morgan fingerprint density at radius 1 is 1.15 bits per heavy atom. The van der Waals surface area contributed by atoms with E-state index in [1.807, 2.05) is 13.0 Å². The van der Waals surface area contributed by atoms with Crippen molar-refractivity contribution in [2.24, 2.45) is 0 Å². The first-order valence-electron chi connectivity index (χ1n) is 7.82. The van der Waals surface area contributed by atoms with E-state index in [9.17, 15) is 18.0 Å². The lowest BCUT2D eigenvalue weighted by Crippen LogP contribution is -2.11. The van der Waals surface area contributed by atoms with Gasteiger partial charge in [0.1, 0.15) is 0 Å². The van der Waals surface area contributed by atoms with Crippen molar-refractivity contribution in [3.8, 4) is 0 Å². The van der Waals surface area contributed by atoms with Gasteiger partial charge in [0.15, 0.2) is 4.34 Å². The molecule has 0 saturated heterocycles. The van der Waals surface area contributed by atoms with Crippen molar-refractivity contribution >= 4 is 34.1 Å². The highest BCUT2D eigenvalue weighted by Crippen LogP contribution is 2.31. The number of benzene rings is 2. The summed E-state index contributed by atoms with van der Waals surface area (Å²) in [4.78, 5) is 12.2. The summed E-state index contributed by atoms with van der Waals surface area (Å²) in [5.74, 6) is 0.188. The van der Waals surface area contributed by atoms with Crippen molar-refractivity contribution in [3.05, 3.63) is 70.8 Å². The normalized spacial score (nSPS) is 11.4. The Labute approximate surface area is 161 Å². The first-order chi connectivity index (χ1) is 12.8. The number of carbonyl (C=O) groups excluding carboxylic acids is 1. The SMILES string of the molecule is Cc1cccc(C(=O)Nc2nnc(SCc3ccc(C(F)(F)F)cc3)s2)c1. The molecule has 0 bridgehead atoms. The largest absolute Gasteiger partial charge is 0.416 e. The molecule has 27 heavy (non-hydrogen) atoms. The molecule has 9 heteroatoms. The van der Waals surface area contributed by atoms with Crippen LogP contribution in [0.15, 0.2) is 52.9 Å². The van der Waals surface area contributed by atoms with Gasteiger partial charge >= 0.3 is 6.18 Å². The Kier molecular flexibility index (Phi) is 5.81. The first-order valence-corrected chi connectivity index (χ1v) is 9.62. The number of hydrogen-bond donors (Lipinski definition) is 1. The Balaban J connectivity index is 1.57. The van der Waals surface area contributed by atoms with Crippen LogP contribution in [0.1, 0.15) is 27.0 Å². The molecule has 1 amide bonds. The van der Waals surface area contributed by atoms with Gasteiger partial charge in [-0.15, -0.1) is 10.2 Å². The van der Waals surface area contributed by atoms with Gasteiger partial charge in [-0.3, -0.25) is 10.1 Å². The number of aryl methyl sites for hydroxylation is 1. The molecule has 0 aliphatic carbocycles. The number of amides is 1. The third kappa shape index (κ3) is 5.30. The van der Waals surface area contributed by atoms with Crippen molar-refractivity contribution in [1.82, 2.24) is 10.2 Å². The lowest BCUT2D eigenvalue weighted by Gasteiger charge is -2.06. The third-order valence-electron chi connectivity index (χ3n) is 3.55. The fraction of sp³-hybridized carbons (Fsp3) is 0.167. The number of alkyl halides is 3. The van der Waals surface area contributed by atoms with Gasteiger partial charge in [-0.25, -0.2) is 0 Å². The lowest BCUT2D eigenvalue weighted by molar-refractivity contribution is -0.137. The van der Waals surface area contributed by atoms with Crippen LogP contribution in [0.5, 0.6) is 0 Å². The van der Waals surface area contributed by atoms with Crippen LogP contribution in [0.4, 0.5) is 18.3 Å². The van der Waals surface area contributed by atoms with E-state index in [2.05, 4.69) is 15.5 Å². The van der Waals surface area contributed by atoms with E-state index >= 15 is 0 Å². The van der Waals surface area contributed by atoms with Gasteiger partial charge in [0.2, 0.25) is 5.13 Å². The summed E-state index contributed by atoms with van der Waals surface area (Å²) in [6.45, 7) is 1.90. The van der Waals surface area contributed by atoms with Crippen LogP contribution in [0.2, 0.25) is 0 Å². The minimum atomic E-state index is -4.34. The molecule has 3 rings (SSSR count). The number of aromatic nitrogens is 2. The predicted octanol–water partition coefficient (Wildman–Crippen LogP) is 5.41. The van der Waals surface area contributed by atoms with Crippen molar-refractivity contribution in [2.75, 3.05) is 5.32 Å². The van der Waals surface area contributed by atoms with E-state index in [1.165, 1.54) is 35.2 Å². The first kappa shape index (κ1) is 19.4. The number of nitrogens with one attached hydrogen (secondary N) is 1. The second kappa shape index (κ2) is 8.10. The number of halogens is 3. The molecule has 1 N–H and O–H groups in total. The van der Waals surface area contributed by atoms with Gasteiger partial charge in [-0.2, -0.15) is 13.2 Å². The Morgan fingerprint density at radius 3 is 2.56 bits per heavy atom. The molecule has 0 aliphatic heterocycles. The molecule has 0 spiro atoms. The summed E-state index contributed by atoms with van der Waals surface area (Å²) in [7, 11) is 0. The van der Waals surface area contributed by atoms with Crippen LogP contribution in [-0.2, 0) is 11.9 Å². The van der Waals surface area contributed by atoms with E-state index < -0.39 is 11.7 Å². The van der Waals surface area contributed by atoms with E-state index in [-0.39, 0.29) is 5.91 Å². The number of anilines is 1. The Morgan fingerprint density at radius 2 is 1.89 bits per heavy atom. The number of hydrogen-bond acceptors (Lipinski definition) is 5. The summed E-state index contributed by atoms with van der Waals surface area (Å²) in [5, 5.41) is 11.0. The molecular formula is C18H14F3N3OS2. The number of thioether (sulfide) groups is 1. The van der Waals surface area contributed by atoms with Crippen LogP contribution < -0.4 is 5.32 Å². The second-order valence-electron chi connectivity index (χ2n) is 5.68. The van der Waals surface area contributed by atoms with Crippen LogP contribution >= 0.6 is 23.1 Å². The fourth-order valence-electron chi connectivity index (χ4n) is 2.21. The van der Waals surface area contributed by atoms with Gasteiger partial charge < -0.3 is 0 Å². The summed E-state index contributed by atoms with van der Waals surface area (Å²) in [5.41, 5.74) is 1.58. The average Bonchev–Trinajstić information content (AvgIpc) is 3.07. The van der Waals surface area contributed by atoms with Gasteiger partial charge in [-0.1, -0.05) is 52.9 Å². The van der Waals surface area contributed by atoms with Crippen molar-refractivity contribution < 1.29 is 18.0 Å². The Hall–Kier alpha value is -2.39. The van der Waals surface area contributed by atoms with Crippen molar-refractivity contribution in [3.63, 3.8) is 0 Å². The molecule has 0 saturated carbocycles. The smallest absolute Gasteiger partial charge is 0.296 e. The second-order valence-corrected chi connectivity index (χ2v) is 7.88. The summed E-state index contributed by atoms with van der Waals surface area (Å²) in [6.07, 6.45) is -4.34. The molecule has 2 aromatic carbocycles. The van der Waals surface area contributed by atoms with Crippen molar-refractivity contribution in [2.45, 2.75) is 23.2 Å². The summed E-state index contributed by atoms with van der Waals surface area (Å²) >= 11 is 2.56. The molecule has 1 heterocycles. The van der Waals surface area contributed by atoms with E-state index in [0.29, 0.717) is 20.8 Å². The Bertz CT molecular complexity index is 940. The quantitative estimate of drug-likeness (QED) is 0.452. The lowest BCUT2D eigenvalue weighted by atomic mass is 10.1. The highest BCUT2D eigenvalue weighted by molar-refractivity contribution is 8.00. The van der Waals surface area contributed by atoms with Crippen LogP contribution in [0, 0.1) is 6.92 Å². The molecule has 0 fully saturated rings. The zero-order chi connectivity index (χ0) is 19.4. The monoisotopic (exact) mass is 409 g/mol. The molecule has 4 nitrogen and oxygen atoms in total. The van der Waals surface area contributed by atoms with Gasteiger partial charge in [-0.05, 0) is 36.8 Å². The molecule has 0 unspecified atom stereocenters. The number of rotatable bonds is 5. The molecule has 140 valence electrons. The van der Waals surface area contributed by atoms with Crippen molar-refractivity contribution in [1.29, 1.82) is 0 Å². The van der Waals surface area contributed by atoms with Gasteiger partial charge in [0.25, 0.3) is 5.91 Å². The van der Waals surface area contributed by atoms with E-state index in [1.54, 1.807) is 18.2 Å². The molecule has 0 atom stereocenters. The maximum Gasteiger partial charge on any atom is 0.416 e. The van der Waals surface area contributed by atoms with Crippen LogP contribution in [0.25, 0.3) is 0 Å². The standard InChI is InChI=1S/C18H14F3N3OS2/c1-11-3-2-4-13(9-11)15(25)22-16-23-24-17(27-16)26-10-12-5-7-14(8-6-12)18(19,20)21/h2-9H,10H2,1H3,(H,22,23,25). The maximum atomic E-state index is 12.6. The summed E-state index contributed by atoms with van der Waals surface area (Å²) < 4.78 is 38.3. The molecule has 1 aromatic heterocycles. The number of carbonyl (C=O) groups is 1. The van der Waals surface area contributed by atoms with E-state index in [0.717, 1.165) is 23.3 Å². The maximum absolute atomic E-state index is 12.6. The fourth-order valence-corrected chi connectivity index (χ4v) is 3.91. The third-order valence-corrected chi connectivity index (χ3v) is 5.59. The zero-order valence-electron chi connectivity index (χ0n) is 14.1. The van der Waals surface area contributed by atoms with Crippen LogP contribution in [-0.4, -0.2) is 16.1 Å². The molecule has 0 radical (unpaired) electrons. The molecular weight excluding hydrogens is 395 g/mol. The topological polar surface area (TPSA) is 54.9 Å². The van der Waals surface area contributed by atoms with Gasteiger partial charge in [0, 0.05) is 11.3 Å². The minimum absolute atomic E-state index is 0.269. The molecule has 0 aliphatic rings. The minimum Gasteiger partial charge on any atom is -0.296 e. The highest BCUT2D eigenvalue weighted by atomic mass is 32.2.